The number of fused-ring (bicyclic) bond motifs is 1. The van der Waals surface area contributed by atoms with Crippen LogP contribution in [0.3, 0.4) is 0 Å². The van der Waals surface area contributed by atoms with E-state index < -0.39 is 35.6 Å². The molecule has 1 spiro atoms. The topological polar surface area (TPSA) is 105 Å². The Morgan fingerprint density at radius 1 is 1.35 bits per heavy atom. The molecule has 1 aromatic rings. The van der Waals surface area contributed by atoms with Crippen molar-refractivity contribution in [3.8, 4) is 0 Å². The summed E-state index contributed by atoms with van der Waals surface area (Å²) in [4.78, 5) is 41.2. The van der Waals surface area contributed by atoms with Crippen LogP contribution in [-0.4, -0.2) is 65.3 Å². The number of esters is 1. The smallest absolute Gasteiger partial charge is 0.312 e. The monoisotopic (exact) mass is 430 g/mol. The lowest BCUT2D eigenvalue weighted by atomic mass is 9.70. The van der Waals surface area contributed by atoms with Crippen LogP contribution in [0.5, 0.6) is 0 Å². The van der Waals surface area contributed by atoms with Crippen LogP contribution in [0.2, 0.25) is 0 Å². The van der Waals surface area contributed by atoms with Gasteiger partial charge in [-0.2, -0.15) is 0 Å². The van der Waals surface area contributed by atoms with Crippen LogP contribution in [-0.2, 0) is 23.9 Å². The Morgan fingerprint density at radius 2 is 2.13 bits per heavy atom. The minimum atomic E-state index is -1.05. The number of likely N-dealkylation sites (tertiary alicyclic amines) is 1. The largest absolute Gasteiger partial charge is 0.466 e. The van der Waals surface area contributed by atoms with Gasteiger partial charge in [-0.25, -0.2) is 0 Å². The molecule has 3 heterocycles. The van der Waals surface area contributed by atoms with Gasteiger partial charge >= 0.3 is 5.97 Å². The number of nitrogens with one attached hydrogen (secondary N) is 1. The number of aliphatic hydroxyl groups excluding tert-OH is 1. The van der Waals surface area contributed by atoms with E-state index in [1.54, 1.807) is 6.92 Å². The first-order valence-corrected chi connectivity index (χ1v) is 11.0. The van der Waals surface area contributed by atoms with Crippen molar-refractivity contribution >= 4 is 23.5 Å². The van der Waals surface area contributed by atoms with Crippen LogP contribution >= 0.6 is 0 Å². The zero-order chi connectivity index (χ0) is 22.3. The molecule has 2 unspecified atom stereocenters. The van der Waals surface area contributed by atoms with Gasteiger partial charge in [0.25, 0.3) is 0 Å². The highest BCUT2D eigenvalue weighted by Gasteiger charge is 2.74. The summed E-state index contributed by atoms with van der Waals surface area (Å²) in [6.07, 6.45) is 1.07. The third kappa shape index (κ3) is 3.42. The summed E-state index contributed by atoms with van der Waals surface area (Å²) in [5, 5.41) is 12.3. The molecule has 8 heteroatoms. The predicted octanol–water partition coefficient (Wildman–Crippen LogP) is 1.56. The first-order valence-electron chi connectivity index (χ1n) is 11.0. The number of anilines is 1. The number of hydrogen-bond acceptors (Lipinski definition) is 6. The average molecular weight is 431 g/mol. The van der Waals surface area contributed by atoms with Crippen molar-refractivity contribution in [2.45, 2.75) is 57.8 Å². The molecule has 31 heavy (non-hydrogen) atoms. The molecule has 0 aromatic heterocycles. The fraction of sp³-hybridized carbons (Fsp3) is 0.609. The van der Waals surface area contributed by atoms with E-state index in [-0.39, 0.29) is 31.6 Å². The summed E-state index contributed by atoms with van der Waals surface area (Å²) in [6.45, 7) is 5.93. The zero-order valence-electron chi connectivity index (χ0n) is 18.2. The van der Waals surface area contributed by atoms with Crippen molar-refractivity contribution in [2.24, 2.45) is 11.8 Å². The summed E-state index contributed by atoms with van der Waals surface area (Å²) < 4.78 is 11.5. The van der Waals surface area contributed by atoms with Crippen molar-refractivity contribution < 1.29 is 29.0 Å². The van der Waals surface area contributed by atoms with Gasteiger partial charge in [0, 0.05) is 18.8 Å². The minimum absolute atomic E-state index is 0.0996. The number of carbonyl (C=O) groups excluding carboxylic acids is 3. The van der Waals surface area contributed by atoms with E-state index in [1.165, 1.54) is 4.90 Å². The fourth-order valence-electron chi connectivity index (χ4n) is 5.51. The molecule has 3 aliphatic heterocycles. The van der Waals surface area contributed by atoms with E-state index in [2.05, 4.69) is 5.32 Å². The zero-order valence-corrected chi connectivity index (χ0v) is 18.2. The molecular formula is C23H30N2O6. The molecule has 0 aliphatic carbocycles. The maximum absolute atomic E-state index is 13.6. The second-order valence-corrected chi connectivity index (χ2v) is 8.72. The van der Waals surface area contributed by atoms with E-state index in [9.17, 15) is 19.5 Å². The summed E-state index contributed by atoms with van der Waals surface area (Å²) in [5.41, 5.74) is 1.57. The van der Waals surface area contributed by atoms with Gasteiger partial charge in [0.15, 0.2) is 0 Å². The van der Waals surface area contributed by atoms with Crippen molar-refractivity contribution in [3.05, 3.63) is 29.3 Å². The number of nitrogens with zero attached hydrogens (tertiary/aromatic N) is 1. The molecule has 2 amide bonds. The summed E-state index contributed by atoms with van der Waals surface area (Å²) >= 11 is 0. The third-order valence-electron chi connectivity index (χ3n) is 6.82. The maximum atomic E-state index is 13.6. The molecule has 2 N–H and O–H groups in total. The van der Waals surface area contributed by atoms with Crippen LogP contribution in [0.4, 0.5) is 5.69 Å². The van der Waals surface area contributed by atoms with Crippen LogP contribution in [0.25, 0.3) is 0 Å². The molecule has 3 aliphatic rings. The number of amides is 2. The Labute approximate surface area is 181 Å². The molecular weight excluding hydrogens is 400 g/mol. The van der Waals surface area contributed by atoms with E-state index >= 15 is 0 Å². The Kier molecular flexibility index (Phi) is 5.79. The molecule has 8 nitrogen and oxygen atoms in total. The molecule has 2 bridgehead atoms. The van der Waals surface area contributed by atoms with Crippen molar-refractivity contribution in [2.75, 3.05) is 25.1 Å². The number of aliphatic hydroxyl groups is 1. The molecule has 5 atom stereocenters. The van der Waals surface area contributed by atoms with Gasteiger partial charge in [-0.1, -0.05) is 12.1 Å². The predicted molar refractivity (Wildman–Crippen MR) is 112 cm³/mol. The van der Waals surface area contributed by atoms with E-state index in [1.807, 2.05) is 32.0 Å². The van der Waals surface area contributed by atoms with Gasteiger partial charge in [0.05, 0.1) is 24.5 Å². The molecule has 3 fully saturated rings. The minimum Gasteiger partial charge on any atom is -0.466 e. The average Bonchev–Trinajstić information content (AvgIpc) is 3.36. The molecule has 0 saturated carbocycles. The summed E-state index contributed by atoms with van der Waals surface area (Å²) in [5.74, 6) is -2.47. The second kappa shape index (κ2) is 8.24. The second-order valence-electron chi connectivity index (χ2n) is 8.72. The SMILES string of the molecule is CCOC(=O)[C@@H]1[C@H]2C(=O)N(CCCO)C(C(=O)Nc3cc(C)ccc3C)C23CC[C@H]1O3. The molecule has 168 valence electrons. The highest BCUT2D eigenvalue weighted by Crippen LogP contribution is 2.58. The third-order valence-corrected chi connectivity index (χ3v) is 6.82. The fourth-order valence-corrected chi connectivity index (χ4v) is 5.51. The first kappa shape index (κ1) is 21.8. The highest BCUT2D eigenvalue weighted by atomic mass is 16.6. The van der Waals surface area contributed by atoms with Gasteiger partial charge in [0.1, 0.15) is 11.6 Å². The maximum Gasteiger partial charge on any atom is 0.312 e. The molecule has 1 aromatic carbocycles. The van der Waals surface area contributed by atoms with Crippen molar-refractivity contribution in [3.63, 3.8) is 0 Å². The number of carbonyl (C=O) groups is 3. The normalized spacial score (nSPS) is 31.1. The lowest BCUT2D eigenvalue weighted by molar-refractivity contribution is -0.154. The van der Waals surface area contributed by atoms with E-state index in [4.69, 9.17) is 9.47 Å². The number of hydrogen-bond donors (Lipinski definition) is 2. The van der Waals surface area contributed by atoms with Gasteiger partial charge < -0.3 is 24.8 Å². The van der Waals surface area contributed by atoms with Crippen molar-refractivity contribution in [1.29, 1.82) is 0 Å². The number of ether oxygens (including phenoxy) is 2. The Hall–Kier alpha value is -2.45. The highest BCUT2D eigenvalue weighted by molar-refractivity contribution is 6.03. The first-order chi connectivity index (χ1) is 14.8. The van der Waals surface area contributed by atoms with Crippen LogP contribution in [0.1, 0.15) is 37.3 Å². The molecule has 3 saturated heterocycles. The number of benzene rings is 1. The summed E-state index contributed by atoms with van der Waals surface area (Å²) in [7, 11) is 0. The molecule has 4 rings (SSSR count). The van der Waals surface area contributed by atoms with Crippen LogP contribution in [0.15, 0.2) is 18.2 Å². The lowest BCUT2D eigenvalue weighted by Gasteiger charge is -2.33. The number of aryl methyl sites for hydroxylation is 2. The van der Waals surface area contributed by atoms with Crippen molar-refractivity contribution in [1.82, 2.24) is 4.90 Å². The van der Waals surface area contributed by atoms with Gasteiger partial charge in [-0.05, 0) is 57.2 Å². The Morgan fingerprint density at radius 3 is 2.84 bits per heavy atom. The number of rotatable bonds is 7. The Balaban J connectivity index is 1.69. The van der Waals surface area contributed by atoms with Gasteiger partial charge in [-0.15, -0.1) is 0 Å². The lowest BCUT2D eigenvalue weighted by Crippen LogP contribution is -2.53. The van der Waals surface area contributed by atoms with Crippen LogP contribution < -0.4 is 5.32 Å². The standard InChI is InChI=1S/C23H30N2O6/c1-4-30-22(29)17-16-8-9-23(31-16)18(17)21(28)25(10-5-11-26)19(23)20(27)24-15-12-13(2)6-7-14(15)3/h6-7,12,16-19,26H,4-5,8-11H2,1-3H3,(H,24,27)/t16-,17+,18+,19?,23?/m1/s1. The summed E-state index contributed by atoms with van der Waals surface area (Å²) in [6, 6.07) is 4.94. The van der Waals surface area contributed by atoms with E-state index in [0.29, 0.717) is 24.9 Å². The van der Waals surface area contributed by atoms with Crippen LogP contribution in [0, 0.1) is 25.7 Å². The quantitative estimate of drug-likeness (QED) is 0.636. The Bertz CT molecular complexity index is 902. The van der Waals surface area contributed by atoms with Gasteiger partial charge in [0.2, 0.25) is 11.8 Å². The molecule has 0 radical (unpaired) electrons. The van der Waals surface area contributed by atoms with Gasteiger partial charge in [-0.3, -0.25) is 14.4 Å². The van der Waals surface area contributed by atoms with E-state index in [0.717, 1.165) is 11.1 Å².